The number of carbonyl (C=O) groups excluding carboxylic acids is 1. The molecule has 0 bridgehead atoms. The standard InChI is InChI=1S/C13H13ClO3/c1-2-7(13(16)17)10-6-9-8(12(10)15)4-3-5-11(9)14/h3-5,7,10H,2,6H2,1H3,(H,16,17). The van der Waals surface area contributed by atoms with Crippen molar-refractivity contribution < 1.29 is 14.7 Å². The van der Waals surface area contributed by atoms with Crippen LogP contribution in [0.3, 0.4) is 0 Å². The number of hydrogen-bond acceptors (Lipinski definition) is 2. The second-order valence-electron chi connectivity index (χ2n) is 4.29. The molecule has 1 aromatic rings. The average Bonchev–Trinajstić information content (AvgIpc) is 2.60. The summed E-state index contributed by atoms with van der Waals surface area (Å²) in [6.07, 6.45) is 0.899. The minimum absolute atomic E-state index is 0.0863. The molecular weight excluding hydrogens is 240 g/mol. The topological polar surface area (TPSA) is 54.4 Å². The lowest BCUT2D eigenvalue weighted by Gasteiger charge is -2.15. The number of carboxylic acid groups (broad SMARTS) is 1. The SMILES string of the molecule is CCC(C(=O)O)C1Cc2c(Cl)cccc2C1=O. The van der Waals surface area contributed by atoms with Crippen LogP contribution in [-0.4, -0.2) is 16.9 Å². The van der Waals surface area contributed by atoms with Gasteiger partial charge in [-0.25, -0.2) is 0 Å². The number of hydrogen-bond donors (Lipinski definition) is 1. The van der Waals surface area contributed by atoms with Crippen molar-refractivity contribution in [2.45, 2.75) is 19.8 Å². The molecule has 0 spiro atoms. The highest BCUT2D eigenvalue weighted by molar-refractivity contribution is 6.32. The highest BCUT2D eigenvalue weighted by atomic mass is 35.5. The zero-order valence-corrected chi connectivity index (χ0v) is 10.2. The van der Waals surface area contributed by atoms with Crippen molar-refractivity contribution in [3.8, 4) is 0 Å². The van der Waals surface area contributed by atoms with Crippen molar-refractivity contribution in [2.24, 2.45) is 11.8 Å². The van der Waals surface area contributed by atoms with Crippen LogP contribution in [0.25, 0.3) is 0 Å². The van der Waals surface area contributed by atoms with Crippen molar-refractivity contribution >= 4 is 23.4 Å². The second-order valence-corrected chi connectivity index (χ2v) is 4.70. The zero-order chi connectivity index (χ0) is 12.6. The molecule has 0 aliphatic heterocycles. The monoisotopic (exact) mass is 252 g/mol. The maximum atomic E-state index is 12.1. The Morgan fingerprint density at radius 3 is 2.82 bits per heavy atom. The minimum Gasteiger partial charge on any atom is -0.481 e. The van der Waals surface area contributed by atoms with Crippen LogP contribution >= 0.6 is 11.6 Å². The molecule has 0 amide bonds. The Morgan fingerprint density at radius 1 is 1.59 bits per heavy atom. The number of ketones is 1. The molecule has 1 aliphatic rings. The van der Waals surface area contributed by atoms with Gasteiger partial charge in [-0.2, -0.15) is 0 Å². The fourth-order valence-electron chi connectivity index (χ4n) is 2.47. The molecule has 1 aromatic carbocycles. The van der Waals surface area contributed by atoms with E-state index in [2.05, 4.69) is 0 Å². The maximum absolute atomic E-state index is 12.1. The van der Waals surface area contributed by atoms with Crippen LogP contribution in [0.2, 0.25) is 5.02 Å². The molecule has 0 aromatic heterocycles. The van der Waals surface area contributed by atoms with E-state index in [1.807, 2.05) is 0 Å². The fraction of sp³-hybridized carbons (Fsp3) is 0.385. The molecule has 0 saturated heterocycles. The minimum atomic E-state index is -0.908. The molecule has 1 aliphatic carbocycles. The smallest absolute Gasteiger partial charge is 0.307 e. The van der Waals surface area contributed by atoms with E-state index in [-0.39, 0.29) is 5.78 Å². The van der Waals surface area contributed by atoms with Crippen molar-refractivity contribution in [1.29, 1.82) is 0 Å². The number of Topliss-reactive ketones (excluding diaryl/α,β-unsaturated/α-hetero) is 1. The van der Waals surface area contributed by atoms with Gasteiger partial charge in [0.2, 0.25) is 0 Å². The van der Waals surface area contributed by atoms with E-state index in [0.717, 1.165) is 5.56 Å². The van der Waals surface area contributed by atoms with Gasteiger partial charge in [0.15, 0.2) is 5.78 Å². The van der Waals surface area contributed by atoms with Gasteiger partial charge in [-0.05, 0) is 24.5 Å². The third-order valence-electron chi connectivity index (χ3n) is 3.39. The van der Waals surface area contributed by atoms with Crippen molar-refractivity contribution in [2.75, 3.05) is 0 Å². The summed E-state index contributed by atoms with van der Waals surface area (Å²) in [6, 6.07) is 5.18. The third kappa shape index (κ3) is 1.95. The largest absolute Gasteiger partial charge is 0.481 e. The van der Waals surface area contributed by atoms with Gasteiger partial charge >= 0.3 is 5.97 Å². The van der Waals surface area contributed by atoms with E-state index < -0.39 is 17.8 Å². The van der Waals surface area contributed by atoms with Crippen LogP contribution in [0.4, 0.5) is 0 Å². The summed E-state index contributed by atoms with van der Waals surface area (Å²) in [6.45, 7) is 1.79. The number of fused-ring (bicyclic) bond motifs is 1. The highest BCUT2D eigenvalue weighted by Crippen LogP contribution is 2.36. The van der Waals surface area contributed by atoms with E-state index in [4.69, 9.17) is 16.7 Å². The Bertz CT molecular complexity index is 482. The molecule has 0 radical (unpaired) electrons. The Kier molecular flexibility index (Phi) is 3.20. The van der Waals surface area contributed by atoms with E-state index in [9.17, 15) is 9.59 Å². The first kappa shape index (κ1) is 12.1. The number of carbonyl (C=O) groups is 2. The van der Waals surface area contributed by atoms with Gasteiger partial charge in [0, 0.05) is 16.5 Å². The molecule has 90 valence electrons. The summed E-state index contributed by atoms with van der Waals surface area (Å²) in [5.74, 6) is -2.08. The second kappa shape index (κ2) is 4.49. The van der Waals surface area contributed by atoms with Crippen LogP contribution in [0.15, 0.2) is 18.2 Å². The quantitative estimate of drug-likeness (QED) is 0.900. The summed E-state index contributed by atoms with van der Waals surface area (Å²) >= 11 is 6.03. The molecule has 1 N–H and O–H groups in total. The lowest BCUT2D eigenvalue weighted by Crippen LogP contribution is -2.27. The van der Waals surface area contributed by atoms with Gasteiger partial charge in [-0.1, -0.05) is 30.7 Å². The normalized spacial score (nSPS) is 20.1. The van der Waals surface area contributed by atoms with Crippen LogP contribution in [0, 0.1) is 11.8 Å². The average molecular weight is 253 g/mol. The van der Waals surface area contributed by atoms with E-state index >= 15 is 0 Å². The predicted molar refractivity (Wildman–Crippen MR) is 64.4 cm³/mol. The number of halogens is 1. The number of carboxylic acids is 1. The number of benzene rings is 1. The van der Waals surface area contributed by atoms with Gasteiger partial charge in [-0.15, -0.1) is 0 Å². The molecule has 2 rings (SSSR count). The maximum Gasteiger partial charge on any atom is 0.307 e. The van der Waals surface area contributed by atoms with Crippen molar-refractivity contribution in [3.05, 3.63) is 34.3 Å². The number of rotatable bonds is 3. The summed E-state index contributed by atoms with van der Waals surface area (Å²) < 4.78 is 0. The zero-order valence-electron chi connectivity index (χ0n) is 9.44. The lowest BCUT2D eigenvalue weighted by atomic mass is 9.87. The molecule has 4 heteroatoms. The van der Waals surface area contributed by atoms with Crippen LogP contribution in [0.1, 0.15) is 29.3 Å². The third-order valence-corrected chi connectivity index (χ3v) is 3.74. The Balaban J connectivity index is 2.37. The van der Waals surface area contributed by atoms with Crippen LogP contribution < -0.4 is 0 Å². The van der Waals surface area contributed by atoms with Gasteiger partial charge in [-0.3, -0.25) is 9.59 Å². The predicted octanol–water partition coefficient (Wildman–Crippen LogP) is 2.81. The summed E-state index contributed by atoms with van der Waals surface area (Å²) in [5.41, 5.74) is 1.38. The van der Waals surface area contributed by atoms with Gasteiger partial charge in [0.1, 0.15) is 0 Å². The first-order valence-electron chi connectivity index (χ1n) is 5.60. The molecule has 0 saturated carbocycles. The Hall–Kier alpha value is -1.35. The van der Waals surface area contributed by atoms with Gasteiger partial charge < -0.3 is 5.11 Å². The van der Waals surface area contributed by atoms with E-state index in [0.29, 0.717) is 23.4 Å². The number of aliphatic carboxylic acids is 1. The Morgan fingerprint density at radius 2 is 2.29 bits per heavy atom. The molecule has 2 atom stereocenters. The molecule has 0 fully saturated rings. The first-order valence-corrected chi connectivity index (χ1v) is 5.98. The Labute approximate surface area is 104 Å². The fourth-order valence-corrected chi connectivity index (χ4v) is 2.72. The van der Waals surface area contributed by atoms with Crippen molar-refractivity contribution in [1.82, 2.24) is 0 Å². The molecular formula is C13H13ClO3. The molecule has 3 nitrogen and oxygen atoms in total. The lowest BCUT2D eigenvalue weighted by molar-refractivity contribution is -0.143. The van der Waals surface area contributed by atoms with Crippen LogP contribution in [-0.2, 0) is 11.2 Å². The van der Waals surface area contributed by atoms with Crippen molar-refractivity contribution in [3.63, 3.8) is 0 Å². The summed E-state index contributed by atoms with van der Waals surface area (Å²) in [4.78, 5) is 23.2. The summed E-state index contributed by atoms with van der Waals surface area (Å²) in [5, 5.41) is 9.67. The first-order chi connectivity index (χ1) is 8.06. The van der Waals surface area contributed by atoms with E-state index in [1.165, 1.54) is 0 Å². The van der Waals surface area contributed by atoms with Gasteiger partial charge in [0.25, 0.3) is 0 Å². The summed E-state index contributed by atoms with van der Waals surface area (Å²) in [7, 11) is 0. The van der Waals surface area contributed by atoms with E-state index in [1.54, 1.807) is 25.1 Å². The van der Waals surface area contributed by atoms with Gasteiger partial charge in [0.05, 0.1) is 5.92 Å². The molecule has 17 heavy (non-hydrogen) atoms. The molecule has 2 unspecified atom stereocenters. The van der Waals surface area contributed by atoms with Crippen LogP contribution in [0.5, 0.6) is 0 Å². The highest BCUT2D eigenvalue weighted by Gasteiger charge is 2.39. The molecule has 0 heterocycles.